The largest absolute Gasteiger partial charge is 0.489 e. The third kappa shape index (κ3) is 4.73. The van der Waals surface area contributed by atoms with Gasteiger partial charge in [0, 0.05) is 19.5 Å². The lowest BCUT2D eigenvalue weighted by atomic mass is 10.1. The number of hydrogen-bond donors (Lipinski definition) is 1. The molecule has 1 atom stereocenters. The highest BCUT2D eigenvalue weighted by molar-refractivity contribution is 6.01. The van der Waals surface area contributed by atoms with E-state index in [0.717, 1.165) is 12.1 Å². The Morgan fingerprint density at radius 3 is 2.67 bits per heavy atom. The van der Waals surface area contributed by atoms with Crippen molar-refractivity contribution < 1.29 is 14.3 Å². The van der Waals surface area contributed by atoms with Crippen molar-refractivity contribution in [1.29, 1.82) is 0 Å². The molecule has 132 valence electrons. The van der Waals surface area contributed by atoms with Crippen molar-refractivity contribution in [2.75, 3.05) is 18.0 Å². The third-order valence-electron chi connectivity index (χ3n) is 4.04. The van der Waals surface area contributed by atoms with Gasteiger partial charge in [-0.15, -0.1) is 0 Å². The molecule has 1 unspecified atom stereocenters. The van der Waals surface area contributed by atoms with Crippen LogP contribution in [0.1, 0.15) is 40.5 Å². The minimum absolute atomic E-state index is 0.0268. The summed E-state index contributed by atoms with van der Waals surface area (Å²) < 4.78 is 5.80. The van der Waals surface area contributed by atoms with E-state index in [4.69, 9.17) is 4.74 Å². The van der Waals surface area contributed by atoms with E-state index >= 15 is 0 Å². The van der Waals surface area contributed by atoms with E-state index < -0.39 is 0 Å². The van der Waals surface area contributed by atoms with Crippen LogP contribution in [0.2, 0.25) is 0 Å². The number of para-hydroxylation sites is 2. The molecule has 1 aliphatic heterocycles. The fourth-order valence-electron chi connectivity index (χ4n) is 2.78. The Morgan fingerprint density at radius 2 is 2.00 bits per heavy atom. The Kier molecular flexibility index (Phi) is 6.23. The average Bonchev–Trinajstić information content (AvgIpc) is 2.88. The summed E-state index contributed by atoms with van der Waals surface area (Å²) in [5.74, 6) is 0.873. The molecule has 0 radical (unpaired) electrons. The zero-order chi connectivity index (χ0) is 17.7. The molecule has 5 heteroatoms. The Labute approximate surface area is 144 Å². The zero-order valence-electron chi connectivity index (χ0n) is 15.0. The van der Waals surface area contributed by atoms with E-state index in [-0.39, 0.29) is 30.3 Å². The second-order valence-corrected chi connectivity index (χ2v) is 7.01. The lowest BCUT2D eigenvalue weighted by molar-refractivity contribution is -0.126. The Balaban J connectivity index is 2.03. The van der Waals surface area contributed by atoms with Gasteiger partial charge in [-0.25, -0.2) is 0 Å². The van der Waals surface area contributed by atoms with Gasteiger partial charge in [0.25, 0.3) is 0 Å². The zero-order valence-corrected chi connectivity index (χ0v) is 15.0. The van der Waals surface area contributed by atoms with E-state index in [2.05, 4.69) is 19.2 Å². The van der Waals surface area contributed by atoms with E-state index in [1.807, 2.05) is 38.1 Å². The molecule has 24 heavy (non-hydrogen) atoms. The predicted molar refractivity (Wildman–Crippen MR) is 95.1 cm³/mol. The molecule has 0 saturated carbocycles. The topological polar surface area (TPSA) is 58.6 Å². The summed E-state index contributed by atoms with van der Waals surface area (Å²) >= 11 is 0. The van der Waals surface area contributed by atoms with Crippen LogP contribution in [0.4, 0.5) is 5.69 Å². The fourth-order valence-corrected chi connectivity index (χ4v) is 2.78. The summed E-state index contributed by atoms with van der Waals surface area (Å²) in [7, 11) is 0. The number of benzene rings is 1. The lowest BCUT2D eigenvalue weighted by Crippen LogP contribution is -2.34. The molecule has 1 aromatic rings. The van der Waals surface area contributed by atoms with Gasteiger partial charge in [-0.05, 0) is 38.3 Å². The van der Waals surface area contributed by atoms with Crippen LogP contribution >= 0.6 is 0 Å². The summed E-state index contributed by atoms with van der Waals surface area (Å²) in [4.78, 5) is 26.4. The third-order valence-corrected chi connectivity index (χ3v) is 4.04. The quantitative estimate of drug-likeness (QED) is 0.835. The normalized spacial score (nSPS) is 17.7. The highest BCUT2D eigenvalue weighted by Crippen LogP contribution is 2.33. The highest BCUT2D eigenvalue weighted by Gasteiger charge is 2.36. The first kappa shape index (κ1) is 18.3. The summed E-state index contributed by atoms with van der Waals surface area (Å²) in [6.07, 6.45) is 1.23. The molecule has 0 aliphatic carbocycles. The molecule has 2 amide bonds. The molecule has 1 heterocycles. The van der Waals surface area contributed by atoms with Gasteiger partial charge in [0.2, 0.25) is 11.8 Å². The number of anilines is 1. The molecule has 0 spiro atoms. The van der Waals surface area contributed by atoms with Gasteiger partial charge in [0.15, 0.2) is 0 Å². The van der Waals surface area contributed by atoms with Gasteiger partial charge in [-0.1, -0.05) is 26.0 Å². The SMILES string of the molecule is CC(C)CCNC(=O)C1CC(=O)N(c2ccccc2OC(C)C)C1. The fraction of sp³-hybridized carbons (Fsp3) is 0.579. The minimum atomic E-state index is -0.295. The van der Waals surface area contributed by atoms with Crippen LogP contribution in [-0.2, 0) is 9.59 Å². The molecule has 5 nitrogen and oxygen atoms in total. The van der Waals surface area contributed by atoms with Gasteiger partial charge < -0.3 is 15.0 Å². The van der Waals surface area contributed by atoms with Gasteiger partial charge in [-0.2, -0.15) is 0 Å². The van der Waals surface area contributed by atoms with Gasteiger partial charge in [-0.3, -0.25) is 9.59 Å². The molecule has 1 aromatic carbocycles. The second kappa shape index (κ2) is 8.18. The van der Waals surface area contributed by atoms with Gasteiger partial charge >= 0.3 is 0 Å². The molecule has 0 bridgehead atoms. The van der Waals surface area contributed by atoms with E-state index in [1.165, 1.54) is 0 Å². The van der Waals surface area contributed by atoms with E-state index in [0.29, 0.717) is 24.8 Å². The monoisotopic (exact) mass is 332 g/mol. The van der Waals surface area contributed by atoms with Crippen LogP contribution in [-0.4, -0.2) is 31.0 Å². The predicted octanol–water partition coefficient (Wildman–Crippen LogP) is 2.99. The maximum Gasteiger partial charge on any atom is 0.227 e. The lowest BCUT2D eigenvalue weighted by Gasteiger charge is -2.21. The maximum atomic E-state index is 12.4. The molecule has 1 aliphatic rings. The first-order valence-electron chi connectivity index (χ1n) is 8.72. The van der Waals surface area contributed by atoms with Crippen molar-refractivity contribution in [3.63, 3.8) is 0 Å². The average molecular weight is 332 g/mol. The summed E-state index contributed by atoms with van der Waals surface area (Å²) in [6, 6.07) is 7.50. The Hall–Kier alpha value is -2.04. The second-order valence-electron chi connectivity index (χ2n) is 7.01. The summed E-state index contributed by atoms with van der Waals surface area (Å²) in [5, 5.41) is 2.95. The molecule has 1 saturated heterocycles. The molecular weight excluding hydrogens is 304 g/mol. The minimum Gasteiger partial charge on any atom is -0.489 e. The molecule has 1 N–H and O–H groups in total. The van der Waals surface area contributed by atoms with E-state index in [9.17, 15) is 9.59 Å². The number of rotatable bonds is 7. The standard InChI is InChI=1S/C19H28N2O3/c1-13(2)9-10-20-19(23)15-11-18(22)21(12-15)16-7-5-6-8-17(16)24-14(3)4/h5-8,13-15H,9-12H2,1-4H3,(H,20,23). The molecule has 1 fully saturated rings. The van der Waals surface area contributed by atoms with Crippen LogP contribution in [0.25, 0.3) is 0 Å². The molecular formula is C19H28N2O3. The first-order chi connectivity index (χ1) is 11.4. The maximum absolute atomic E-state index is 12.4. The smallest absolute Gasteiger partial charge is 0.227 e. The number of nitrogens with one attached hydrogen (secondary N) is 1. The van der Waals surface area contributed by atoms with E-state index in [1.54, 1.807) is 4.90 Å². The number of ether oxygens (including phenoxy) is 1. The number of nitrogens with zero attached hydrogens (tertiary/aromatic N) is 1. The highest BCUT2D eigenvalue weighted by atomic mass is 16.5. The van der Waals surface area contributed by atoms with Crippen molar-refractivity contribution in [2.24, 2.45) is 11.8 Å². The van der Waals surface area contributed by atoms with Crippen LogP contribution < -0.4 is 15.0 Å². The van der Waals surface area contributed by atoms with Gasteiger partial charge in [0.05, 0.1) is 17.7 Å². The number of amides is 2. The van der Waals surface area contributed by atoms with Crippen LogP contribution in [0.5, 0.6) is 5.75 Å². The van der Waals surface area contributed by atoms with Crippen LogP contribution in [0, 0.1) is 11.8 Å². The molecule has 2 rings (SSSR count). The number of carbonyl (C=O) groups is 2. The Morgan fingerprint density at radius 1 is 1.29 bits per heavy atom. The summed E-state index contributed by atoms with van der Waals surface area (Å²) in [6.45, 7) is 9.22. The molecule has 0 aromatic heterocycles. The van der Waals surface area contributed by atoms with Gasteiger partial charge in [0.1, 0.15) is 5.75 Å². The van der Waals surface area contributed by atoms with Crippen molar-refractivity contribution in [2.45, 2.75) is 46.6 Å². The summed E-state index contributed by atoms with van der Waals surface area (Å²) in [5.41, 5.74) is 0.744. The van der Waals surface area contributed by atoms with Crippen molar-refractivity contribution in [3.8, 4) is 5.75 Å². The first-order valence-corrected chi connectivity index (χ1v) is 8.72. The van der Waals surface area contributed by atoms with Crippen LogP contribution in [0.15, 0.2) is 24.3 Å². The van der Waals surface area contributed by atoms with Crippen molar-refractivity contribution in [1.82, 2.24) is 5.32 Å². The van der Waals surface area contributed by atoms with Crippen LogP contribution in [0.3, 0.4) is 0 Å². The van der Waals surface area contributed by atoms with Crippen molar-refractivity contribution in [3.05, 3.63) is 24.3 Å². The van der Waals surface area contributed by atoms with Crippen molar-refractivity contribution >= 4 is 17.5 Å². The number of carbonyl (C=O) groups excluding carboxylic acids is 2. The number of hydrogen-bond acceptors (Lipinski definition) is 3. The Bertz CT molecular complexity index is 584.